The molecular weight excluding hydrogens is 420 g/mol. The topological polar surface area (TPSA) is 61.0 Å². The fourth-order valence-corrected chi connectivity index (χ4v) is 5.71. The van der Waals surface area contributed by atoms with Crippen LogP contribution in [0.15, 0.2) is 30.3 Å². The van der Waals surface area contributed by atoms with Crippen molar-refractivity contribution in [3.63, 3.8) is 0 Å². The van der Waals surface area contributed by atoms with Crippen molar-refractivity contribution < 1.29 is 4.79 Å². The first-order valence-corrected chi connectivity index (χ1v) is 13.0. The predicted octanol–water partition coefficient (Wildman–Crippen LogP) is 5.82. The Kier molecular flexibility index (Phi) is 6.48. The highest BCUT2D eigenvalue weighted by Crippen LogP contribution is 2.38. The van der Waals surface area contributed by atoms with Gasteiger partial charge in [0.1, 0.15) is 0 Å². The second-order valence-corrected chi connectivity index (χ2v) is 10.7. The van der Waals surface area contributed by atoms with Gasteiger partial charge in [0.25, 0.3) is 0 Å². The molecule has 3 heterocycles. The number of hydrogen-bond donors (Lipinski definition) is 2. The van der Waals surface area contributed by atoms with Gasteiger partial charge in [0.2, 0.25) is 5.91 Å². The highest BCUT2D eigenvalue weighted by atomic mass is 16.2. The van der Waals surface area contributed by atoms with Gasteiger partial charge in [-0.2, -0.15) is 0 Å². The van der Waals surface area contributed by atoms with E-state index in [0.717, 1.165) is 37.3 Å². The summed E-state index contributed by atoms with van der Waals surface area (Å²) in [4.78, 5) is 23.0. The number of hydrogen-bond acceptors (Lipinski definition) is 3. The van der Waals surface area contributed by atoms with Crippen LogP contribution in [0.2, 0.25) is 0 Å². The van der Waals surface area contributed by atoms with Crippen LogP contribution in [0.3, 0.4) is 0 Å². The van der Waals surface area contributed by atoms with Crippen LogP contribution in [0, 0.1) is 13.8 Å². The highest BCUT2D eigenvalue weighted by Gasteiger charge is 2.26. The average molecular weight is 459 g/mol. The van der Waals surface area contributed by atoms with E-state index in [1.807, 2.05) is 0 Å². The number of aromatic amines is 1. The molecular formula is C29H38N4O. The Morgan fingerprint density at radius 2 is 1.79 bits per heavy atom. The molecule has 1 aliphatic carbocycles. The number of aryl methyl sites for hydroxylation is 2. The third kappa shape index (κ3) is 4.63. The summed E-state index contributed by atoms with van der Waals surface area (Å²) in [6.45, 7) is 10.9. The third-order valence-electron chi connectivity index (χ3n) is 7.78. The molecule has 2 aromatic heterocycles. The second-order valence-electron chi connectivity index (χ2n) is 10.7. The number of pyridine rings is 1. The van der Waals surface area contributed by atoms with Gasteiger partial charge in [-0.3, -0.25) is 9.78 Å². The lowest BCUT2D eigenvalue weighted by molar-refractivity contribution is -0.131. The van der Waals surface area contributed by atoms with Gasteiger partial charge in [0, 0.05) is 47.0 Å². The molecule has 2 N–H and O–H groups in total. The molecule has 1 aromatic carbocycles. The molecule has 0 atom stereocenters. The molecule has 3 aromatic rings. The van der Waals surface area contributed by atoms with Crippen LogP contribution in [0.25, 0.3) is 22.2 Å². The van der Waals surface area contributed by atoms with Crippen molar-refractivity contribution in [3.8, 4) is 11.3 Å². The third-order valence-corrected chi connectivity index (χ3v) is 7.78. The van der Waals surface area contributed by atoms with Crippen molar-refractivity contribution in [1.29, 1.82) is 0 Å². The highest BCUT2D eigenvalue weighted by molar-refractivity contribution is 5.92. The Labute approximate surface area is 203 Å². The molecule has 0 radical (unpaired) electrons. The van der Waals surface area contributed by atoms with Crippen molar-refractivity contribution in [3.05, 3.63) is 52.8 Å². The largest absolute Gasteiger partial charge is 0.354 e. The van der Waals surface area contributed by atoms with Gasteiger partial charge in [-0.1, -0.05) is 26.3 Å². The lowest BCUT2D eigenvalue weighted by Crippen LogP contribution is -2.46. The van der Waals surface area contributed by atoms with E-state index in [1.165, 1.54) is 52.5 Å². The minimum Gasteiger partial charge on any atom is -0.354 e. The molecule has 1 saturated heterocycles. The number of nitrogens with one attached hydrogen (secondary N) is 2. The molecule has 0 spiro atoms. The van der Waals surface area contributed by atoms with E-state index in [-0.39, 0.29) is 5.91 Å². The van der Waals surface area contributed by atoms with Gasteiger partial charge >= 0.3 is 0 Å². The fraction of sp³-hybridized carbons (Fsp3) is 0.517. The van der Waals surface area contributed by atoms with E-state index in [0.29, 0.717) is 24.4 Å². The summed E-state index contributed by atoms with van der Waals surface area (Å²) in [5, 5.41) is 4.75. The number of carbonyl (C=O) groups is 1. The van der Waals surface area contributed by atoms with Crippen molar-refractivity contribution in [2.45, 2.75) is 77.7 Å². The van der Waals surface area contributed by atoms with Gasteiger partial charge < -0.3 is 15.2 Å². The van der Waals surface area contributed by atoms with Gasteiger partial charge in [0.05, 0.1) is 12.2 Å². The number of rotatable bonds is 6. The number of H-pyrrole nitrogens is 1. The second kappa shape index (κ2) is 9.53. The summed E-state index contributed by atoms with van der Waals surface area (Å²) >= 11 is 0. The monoisotopic (exact) mass is 458 g/mol. The van der Waals surface area contributed by atoms with E-state index in [4.69, 9.17) is 0 Å². The van der Waals surface area contributed by atoms with E-state index in [9.17, 15) is 4.79 Å². The molecule has 5 heteroatoms. The van der Waals surface area contributed by atoms with Crippen LogP contribution in [-0.2, 0) is 4.79 Å². The van der Waals surface area contributed by atoms with Crippen molar-refractivity contribution >= 4 is 16.8 Å². The van der Waals surface area contributed by atoms with E-state index < -0.39 is 0 Å². The van der Waals surface area contributed by atoms with E-state index in [2.05, 4.69) is 78.2 Å². The fourth-order valence-electron chi connectivity index (χ4n) is 5.71. The molecule has 0 unspecified atom stereocenters. The summed E-state index contributed by atoms with van der Waals surface area (Å²) in [5.74, 6) is 1.19. The summed E-state index contributed by atoms with van der Waals surface area (Å²) in [5.41, 5.74) is 8.52. The number of fused-ring (bicyclic) bond motifs is 1. The Balaban J connectivity index is 1.35. The van der Waals surface area contributed by atoms with Crippen LogP contribution in [0.4, 0.5) is 0 Å². The first-order valence-electron chi connectivity index (χ1n) is 13.0. The Hall–Kier alpha value is -2.66. The maximum atomic E-state index is 12.6. The summed E-state index contributed by atoms with van der Waals surface area (Å²) in [6.07, 6.45) is 5.81. The van der Waals surface area contributed by atoms with Crippen LogP contribution in [-0.4, -0.2) is 46.5 Å². The summed E-state index contributed by atoms with van der Waals surface area (Å²) in [7, 11) is 0. The number of aromatic nitrogens is 2. The van der Waals surface area contributed by atoms with Gasteiger partial charge in [-0.25, -0.2) is 0 Å². The number of carbonyl (C=O) groups excluding carboxylic acids is 1. The first-order chi connectivity index (χ1) is 16.4. The standard InChI is InChI=1S/C29H38N4O/c1-18(2)28-25-16-22(8-9-26(25)32-29(28)23-14-19(3)31-20(4)15-23)21-10-12-33(13-11-21)27(34)17-30-24-6-5-7-24/h8-9,14-16,18,21,24,30,32H,5-7,10-13,17H2,1-4H3. The van der Waals surface area contributed by atoms with Gasteiger partial charge in [0.15, 0.2) is 0 Å². The van der Waals surface area contributed by atoms with Crippen LogP contribution in [0.5, 0.6) is 0 Å². The molecule has 2 fully saturated rings. The van der Waals surface area contributed by atoms with Gasteiger partial charge in [-0.15, -0.1) is 0 Å². The van der Waals surface area contributed by atoms with Crippen LogP contribution in [0.1, 0.15) is 80.3 Å². The minimum absolute atomic E-state index is 0.265. The molecule has 0 bridgehead atoms. The van der Waals surface area contributed by atoms with Gasteiger partial charge in [-0.05, 0) is 86.8 Å². The molecule has 34 heavy (non-hydrogen) atoms. The zero-order valence-corrected chi connectivity index (χ0v) is 21.1. The average Bonchev–Trinajstić information content (AvgIpc) is 3.16. The zero-order chi connectivity index (χ0) is 23.8. The molecule has 5 rings (SSSR count). The molecule has 1 amide bonds. The Bertz CT molecular complexity index is 1160. The maximum absolute atomic E-state index is 12.6. The van der Waals surface area contributed by atoms with Crippen molar-refractivity contribution in [1.82, 2.24) is 20.2 Å². The molecule has 2 aliphatic rings. The minimum atomic E-state index is 0.265. The normalized spacial score (nSPS) is 17.5. The Morgan fingerprint density at radius 3 is 2.41 bits per heavy atom. The smallest absolute Gasteiger partial charge is 0.236 e. The summed E-state index contributed by atoms with van der Waals surface area (Å²) < 4.78 is 0. The number of piperidine rings is 1. The number of amides is 1. The predicted molar refractivity (Wildman–Crippen MR) is 139 cm³/mol. The Morgan fingerprint density at radius 1 is 1.09 bits per heavy atom. The maximum Gasteiger partial charge on any atom is 0.236 e. The lowest BCUT2D eigenvalue weighted by atomic mass is 9.87. The quantitative estimate of drug-likeness (QED) is 0.489. The van der Waals surface area contributed by atoms with E-state index >= 15 is 0 Å². The lowest BCUT2D eigenvalue weighted by Gasteiger charge is -2.33. The molecule has 180 valence electrons. The molecule has 5 nitrogen and oxygen atoms in total. The zero-order valence-electron chi connectivity index (χ0n) is 21.1. The SMILES string of the molecule is Cc1cc(-c2[nH]c3ccc(C4CCN(C(=O)CNC5CCC5)CC4)cc3c2C(C)C)cc(C)n1. The first kappa shape index (κ1) is 23.1. The molecule has 1 saturated carbocycles. The number of benzene rings is 1. The number of likely N-dealkylation sites (tertiary alicyclic amines) is 1. The summed E-state index contributed by atoms with van der Waals surface area (Å²) in [6, 6.07) is 11.9. The van der Waals surface area contributed by atoms with Crippen molar-refractivity contribution in [2.75, 3.05) is 19.6 Å². The van der Waals surface area contributed by atoms with Crippen LogP contribution >= 0.6 is 0 Å². The van der Waals surface area contributed by atoms with Crippen LogP contribution < -0.4 is 5.32 Å². The number of nitrogens with zero attached hydrogens (tertiary/aromatic N) is 2. The molecule has 1 aliphatic heterocycles. The van der Waals surface area contributed by atoms with E-state index in [1.54, 1.807) is 0 Å². The van der Waals surface area contributed by atoms with Crippen molar-refractivity contribution in [2.24, 2.45) is 0 Å².